The maximum Gasteiger partial charge on any atom is 0.358 e. The number of carboxylic acid groups (broad SMARTS) is 1. The number of hydrogen-bond acceptors (Lipinski definition) is 4. The topological polar surface area (TPSA) is 88.3 Å². The number of carbonyl (C=O) groups excluding carboxylic acids is 1. The van der Waals surface area contributed by atoms with Crippen molar-refractivity contribution < 1.29 is 14.7 Å². The Hall–Kier alpha value is -1.92. The predicted molar refractivity (Wildman–Crippen MR) is 52.9 cm³/mol. The van der Waals surface area contributed by atoms with Crippen molar-refractivity contribution in [2.75, 3.05) is 13.1 Å². The Bertz CT molecular complexity index is 428. The van der Waals surface area contributed by atoms with E-state index in [0.717, 1.165) is 6.42 Å². The lowest BCUT2D eigenvalue weighted by Crippen LogP contribution is -2.26. The zero-order chi connectivity index (χ0) is 11.7. The van der Waals surface area contributed by atoms with Gasteiger partial charge in [0.15, 0.2) is 5.69 Å². The van der Waals surface area contributed by atoms with E-state index in [1.54, 1.807) is 4.90 Å². The van der Waals surface area contributed by atoms with Crippen LogP contribution in [0.25, 0.3) is 0 Å². The maximum atomic E-state index is 11.1. The molecule has 0 aliphatic carbocycles. The quantitative estimate of drug-likeness (QED) is 0.749. The van der Waals surface area contributed by atoms with Crippen LogP contribution in [0.5, 0.6) is 0 Å². The van der Waals surface area contributed by atoms with Crippen molar-refractivity contribution in [1.82, 2.24) is 19.9 Å². The highest BCUT2D eigenvalue weighted by Gasteiger charge is 2.26. The van der Waals surface area contributed by atoms with Crippen LogP contribution < -0.4 is 0 Å². The van der Waals surface area contributed by atoms with Crippen LogP contribution in [0.1, 0.15) is 29.9 Å². The molecule has 2 heterocycles. The van der Waals surface area contributed by atoms with Crippen LogP contribution >= 0.6 is 0 Å². The molecule has 0 bridgehead atoms. The monoisotopic (exact) mass is 224 g/mol. The van der Waals surface area contributed by atoms with Crippen LogP contribution in [-0.2, 0) is 4.79 Å². The smallest absolute Gasteiger partial charge is 0.358 e. The number of carbonyl (C=O) groups is 2. The zero-order valence-electron chi connectivity index (χ0n) is 8.83. The van der Waals surface area contributed by atoms with E-state index in [9.17, 15) is 9.59 Å². The SMILES string of the molecule is CC(=O)N1CCC(n2cc(C(=O)O)nn2)C1. The van der Waals surface area contributed by atoms with Gasteiger partial charge in [-0.15, -0.1) is 5.10 Å². The Kier molecular flexibility index (Phi) is 2.59. The summed E-state index contributed by atoms with van der Waals surface area (Å²) in [5.74, 6) is -1.06. The molecule has 86 valence electrons. The van der Waals surface area contributed by atoms with Crippen LogP contribution in [0, 0.1) is 0 Å². The first-order valence-electron chi connectivity index (χ1n) is 4.98. The summed E-state index contributed by atoms with van der Waals surface area (Å²) in [6.45, 7) is 2.77. The van der Waals surface area contributed by atoms with E-state index in [0.29, 0.717) is 13.1 Å². The number of amides is 1. The third-order valence-corrected chi connectivity index (χ3v) is 2.71. The van der Waals surface area contributed by atoms with Gasteiger partial charge in [-0.1, -0.05) is 5.21 Å². The molecule has 16 heavy (non-hydrogen) atoms. The van der Waals surface area contributed by atoms with Crippen molar-refractivity contribution in [2.24, 2.45) is 0 Å². The first-order valence-corrected chi connectivity index (χ1v) is 4.98. The second-order valence-corrected chi connectivity index (χ2v) is 3.80. The number of aromatic nitrogens is 3. The summed E-state index contributed by atoms with van der Waals surface area (Å²) in [5, 5.41) is 16.0. The van der Waals surface area contributed by atoms with Crippen molar-refractivity contribution >= 4 is 11.9 Å². The summed E-state index contributed by atoms with van der Waals surface area (Å²) in [7, 11) is 0. The largest absolute Gasteiger partial charge is 0.476 e. The van der Waals surface area contributed by atoms with E-state index in [4.69, 9.17) is 5.11 Å². The third-order valence-electron chi connectivity index (χ3n) is 2.71. The molecular formula is C9H12N4O3. The van der Waals surface area contributed by atoms with Gasteiger partial charge >= 0.3 is 5.97 Å². The molecule has 0 radical (unpaired) electrons. The normalized spacial score (nSPS) is 20.1. The van der Waals surface area contributed by atoms with Gasteiger partial charge in [-0.25, -0.2) is 9.48 Å². The lowest BCUT2D eigenvalue weighted by Gasteiger charge is -2.13. The van der Waals surface area contributed by atoms with Crippen LogP contribution in [-0.4, -0.2) is 50.0 Å². The Morgan fingerprint density at radius 1 is 1.56 bits per heavy atom. The number of rotatable bonds is 2. The Morgan fingerprint density at radius 3 is 2.81 bits per heavy atom. The first-order chi connectivity index (χ1) is 7.58. The molecule has 1 saturated heterocycles. The van der Waals surface area contributed by atoms with Gasteiger partial charge in [0, 0.05) is 20.0 Å². The minimum absolute atomic E-state index is 0.0288. The van der Waals surface area contributed by atoms with Crippen molar-refractivity contribution in [2.45, 2.75) is 19.4 Å². The lowest BCUT2D eigenvalue weighted by atomic mass is 10.3. The summed E-state index contributed by atoms with van der Waals surface area (Å²) in [6, 6.07) is 0.0319. The molecule has 0 aromatic carbocycles. The van der Waals surface area contributed by atoms with E-state index < -0.39 is 5.97 Å². The molecule has 1 aromatic rings. The van der Waals surface area contributed by atoms with Gasteiger partial charge in [-0.05, 0) is 6.42 Å². The van der Waals surface area contributed by atoms with E-state index >= 15 is 0 Å². The molecule has 1 atom stereocenters. The van der Waals surface area contributed by atoms with Gasteiger partial charge in [0.05, 0.1) is 12.2 Å². The highest BCUT2D eigenvalue weighted by atomic mass is 16.4. The molecule has 1 aromatic heterocycles. The average molecular weight is 224 g/mol. The van der Waals surface area contributed by atoms with Crippen molar-refractivity contribution in [1.29, 1.82) is 0 Å². The van der Waals surface area contributed by atoms with E-state index in [1.165, 1.54) is 17.8 Å². The number of hydrogen-bond donors (Lipinski definition) is 1. The molecule has 7 nitrogen and oxygen atoms in total. The van der Waals surface area contributed by atoms with Gasteiger partial charge in [0.2, 0.25) is 5.91 Å². The second kappa shape index (κ2) is 3.92. The summed E-state index contributed by atoms with van der Waals surface area (Å²) in [5.41, 5.74) is -0.0683. The van der Waals surface area contributed by atoms with Crippen LogP contribution in [0.3, 0.4) is 0 Å². The Labute approximate surface area is 91.7 Å². The van der Waals surface area contributed by atoms with Gasteiger partial charge in [0.25, 0.3) is 0 Å². The molecular weight excluding hydrogens is 212 g/mol. The van der Waals surface area contributed by atoms with Crippen LogP contribution in [0.2, 0.25) is 0 Å². The highest BCUT2D eigenvalue weighted by molar-refractivity contribution is 5.84. The Balaban J connectivity index is 2.08. The van der Waals surface area contributed by atoms with Gasteiger partial charge in [0.1, 0.15) is 0 Å². The molecule has 1 unspecified atom stereocenters. The molecule has 1 aliphatic rings. The number of carboxylic acids is 1. The number of likely N-dealkylation sites (tertiary alicyclic amines) is 1. The molecule has 1 N–H and O–H groups in total. The van der Waals surface area contributed by atoms with Gasteiger partial charge in [-0.2, -0.15) is 0 Å². The minimum Gasteiger partial charge on any atom is -0.476 e. The molecule has 0 spiro atoms. The second-order valence-electron chi connectivity index (χ2n) is 3.80. The van der Waals surface area contributed by atoms with Crippen molar-refractivity contribution in [3.63, 3.8) is 0 Å². The van der Waals surface area contributed by atoms with Gasteiger partial charge < -0.3 is 10.0 Å². The fourth-order valence-electron chi connectivity index (χ4n) is 1.80. The summed E-state index contributed by atoms with van der Waals surface area (Å²) >= 11 is 0. The fourth-order valence-corrected chi connectivity index (χ4v) is 1.80. The van der Waals surface area contributed by atoms with Gasteiger partial charge in [-0.3, -0.25) is 4.79 Å². The lowest BCUT2D eigenvalue weighted by molar-refractivity contribution is -0.127. The van der Waals surface area contributed by atoms with Crippen molar-refractivity contribution in [3.05, 3.63) is 11.9 Å². The van der Waals surface area contributed by atoms with Crippen LogP contribution in [0.15, 0.2) is 6.20 Å². The number of nitrogens with zero attached hydrogens (tertiary/aromatic N) is 4. The van der Waals surface area contributed by atoms with Crippen molar-refractivity contribution in [3.8, 4) is 0 Å². The molecule has 1 amide bonds. The zero-order valence-corrected chi connectivity index (χ0v) is 8.83. The number of aromatic carboxylic acids is 1. The standard InChI is InChI=1S/C9H12N4O3/c1-6(14)12-3-2-7(4-12)13-5-8(9(15)16)10-11-13/h5,7H,2-4H2,1H3,(H,15,16). The summed E-state index contributed by atoms with van der Waals surface area (Å²) in [6.07, 6.45) is 2.18. The maximum absolute atomic E-state index is 11.1. The molecule has 0 saturated carbocycles. The van der Waals surface area contributed by atoms with Crippen LogP contribution in [0.4, 0.5) is 0 Å². The van der Waals surface area contributed by atoms with E-state index in [1.807, 2.05) is 0 Å². The Morgan fingerprint density at radius 2 is 2.31 bits per heavy atom. The molecule has 7 heteroatoms. The van der Waals surface area contributed by atoms with E-state index in [2.05, 4.69) is 10.3 Å². The predicted octanol–water partition coefficient (Wildman–Crippen LogP) is -0.230. The summed E-state index contributed by atoms with van der Waals surface area (Å²) < 4.78 is 1.52. The first kappa shape index (κ1) is 10.6. The summed E-state index contributed by atoms with van der Waals surface area (Å²) in [4.78, 5) is 23.5. The molecule has 1 fully saturated rings. The highest BCUT2D eigenvalue weighted by Crippen LogP contribution is 2.20. The minimum atomic E-state index is -1.09. The third kappa shape index (κ3) is 1.88. The molecule has 1 aliphatic heterocycles. The average Bonchev–Trinajstić information content (AvgIpc) is 2.86. The molecule has 2 rings (SSSR count). The van der Waals surface area contributed by atoms with E-state index in [-0.39, 0.29) is 17.6 Å². The fraction of sp³-hybridized carbons (Fsp3) is 0.556.